The molecule has 1 aromatic carbocycles. The number of hydrogen-bond acceptors (Lipinski definition) is 4. The number of hydrogen-bond donors (Lipinski definition) is 1. The summed E-state index contributed by atoms with van der Waals surface area (Å²) in [5.74, 6) is -2.22. The van der Waals surface area contributed by atoms with Crippen molar-refractivity contribution in [2.45, 2.75) is 33.1 Å². The Labute approximate surface area is 138 Å². The molecular weight excluding hydrogens is 329 g/mol. The van der Waals surface area contributed by atoms with Crippen LogP contribution >= 0.6 is 23.2 Å². The molecule has 1 saturated heterocycles. The van der Waals surface area contributed by atoms with E-state index in [0.29, 0.717) is 10.0 Å². The largest absolute Gasteiger partial charge is 0.445 e. The van der Waals surface area contributed by atoms with Crippen LogP contribution in [0, 0.1) is 0 Å². The number of ether oxygens (including phenoxy) is 2. The van der Waals surface area contributed by atoms with Crippen LogP contribution in [0.3, 0.4) is 0 Å². The highest BCUT2D eigenvalue weighted by molar-refractivity contribution is 6.34. The molecule has 0 aliphatic carbocycles. The topological polar surface area (TPSA) is 64.6 Å². The second kappa shape index (κ2) is 6.18. The van der Waals surface area contributed by atoms with Gasteiger partial charge in [-0.15, -0.1) is 0 Å². The van der Waals surface area contributed by atoms with E-state index in [2.05, 4.69) is 5.32 Å². The van der Waals surface area contributed by atoms with E-state index in [1.165, 1.54) is 6.92 Å². The van der Waals surface area contributed by atoms with Gasteiger partial charge in [-0.2, -0.15) is 0 Å². The molecule has 2 rings (SSSR count). The van der Waals surface area contributed by atoms with Crippen molar-refractivity contribution in [1.82, 2.24) is 5.32 Å². The fraction of sp³-hybridized carbons (Fsp3) is 0.333. The van der Waals surface area contributed by atoms with Gasteiger partial charge in [-0.05, 0) is 30.7 Å². The second-order valence-corrected chi connectivity index (χ2v) is 6.18. The summed E-state index contributed by atoms with van der Waals surface area (Å²) in [6.07, 6.45) is 0. The Kier molecular flexibility index (Phi) is 4.68. The number of amides is 1. The predicted octanol–water partition coefficient (Wildman–Crippen LogP) is 3.19. The van der Waals surface area contributed by atoms with Crippen LogP contribution in [-0.4, -0.2) is 17.7 Å². The highest BCUT2D eigenvalue weighted by Crippen LogP contribution is 2.28. The summed E-state index contributed by atoms with van der Waals surface area (Å²) in [5, 5.41) is 3.64. The minimum absolute atomic E-state index is 0.0772. The van der Waals surface area contributed by atoms with Crippen molar-refractivity contribution in [3.8, 4) is 0 Å². The molecule has 0 bridgehead atoms. The number of halogens is 2. The van der Waals surface area contributed by atoms with E-state index in [0.717, 1.165) is 5.56 Å². The maximum atomic E-state index is 12.1. The molecule has 5 nitrogen and oxygen atoms in total. The van der Waals surface area contributed by atoms with Gasteiger partial charge < -0.3 is 14.8 Å². The normalized spacial score (nSPS) is 18.5. The number of nitrogens with one attached hydrogen (secondary N) is 1. The molecule has 7 heteroatoms. The number of carbonyl (C=O) groups excluding carboxylic acids is 2. The minimum atomic E-state index is -1.06. The summed E-state index contributed by atoms with van der Waals surface area (Å²) in [6, 6.07) is 4.99. The molecule has 1 aliphatic heterocycles. The van der Waals surface area contributed by atoms with Crippen LogP contribution in [-0.2, 0) is 25.6 Å². The van der Waals surface area contributed by atoms with Crippen molar-refractivity contribution >= 4 is 35.1 Å². The molecule has 1 heterocycles. The van der Waals surface area contributed by atoms with Crippen LogP contribution in [0.4, 0.5) is 0 Å². The molecule has 1 aromatic rings. The van der Waals surface area contributed by atoms with Gasteiger partial charge in [0.25, 0.3) is 5.91 Å². The summed E-state index contributed by atoms with van der Waals surface area (Å²) in [7, 11) is 0. The molecule has 0 radical (unpaired) electrons. The summed E-state index contributed by atoms with van der Waals surface area (Å²) in [5.41, 5.74) is 0.905. The maximum absolute atomic E-state index is 12.1. The molecule has 0 atom stereocenters. The lowest BCUT2D eigenvalue weighted by atomic mass is 10.2. The molecule has 1 N–H and O–H groups in total. The van der Waals surface area contributed by atoms with E-state index in [-0.39, 0.29) is 17.9 Å². The predicted molar refractivity (Wildman–Crippen MR) is 82.3 cm³/mol. The maximum Gasteiger partial charge on any atom is 0.377 e. The van der Waals surface area contributed by atoms with Crippen molar-refractivity contribution in [2.75, 3.05) is 0 Å². The second-order valence-electron chi connectivity index (χ2n) is 5.31. The van der Waals surface area contributed by atoms with Crippen LogP contribution < -0.4 is 5.32 Å². The first-order chi connectivity index (χ1) is 10.2. The lowest BCUT2D eigenvalue weighted by Crippen LogP contribution is -2.25. The zero-order chi connectivity index (χ0) is 16.5. The lowest BCUT2D eigenvalue weighted by molar-refractivity contribution is -0.159. The van der Waals surface area contributed by atoms with Gasteiger partial charge in [-0.25, -0.2) is 4.79 Å². The first-order valence-electron chi connectivity index (χ1n) is 6.54. The van der Waals surface area contributed by atoms with Gasteiger partial charge in [-0.1, -0.05) is 23.2 Å². The zero-order valence-electron chi connectivity index (χ0n) is 12.3. The highest BCUT2D eigenvalue weighted by atomic mass is 35.5. The monoisotopic (exact) mass is 343 g/mol. The zero-order valence-corrected chi connectivity index (χ0v) is 13.8. The van der Waals surface area contributed by atoms with E-state index >= 15 is 0 Å². The number of carbonyl (C=O) groups is 2. The van der Waals surface area contributed by atoms with Gasteiger partial charge in [0, 0.05) is 30.4 Å². The molecule has 0 spiro atoms. The summed E-state index contributed by atoms with van der Waals surface area (Å²) < 4.78 is 10.3. The Morgan fingerprint density at radius 1 is 1.18 bits per heavy atom. The Morgan fingerprint density at radius 3 is 2.27 bits per heavy atom. The molecular formula is C15H15Cl2NO4. The first-order valence-corrected chi connectivity index (χ1v) is 7.30. The van der Waals surface area contributed by atoms with Crippen LogP contribution in [0.5, 0.6) is 0 Å². The molecule has 1 amide bonds. The van der Waals surface area contributed by atoms with Gasteiger partial charge in [0.05, 0.1) is 5.57 Å². The Morgan fingerprint density at radius 2 is 1.77 bits per heavy atom. The Balaban J connectivity index is 2.08. The smallest absolute Gasteiger partial charge is 0.377 e. The molecule has 0 unspecified atom stereocenters. The van der Waals surface area contributed by atoms with Crippen molar-refractivity contribution in [2.24, 2.45) is 0 Å². The number of rotatable bonds is 3. The average Bonchev–Trinajstić information content (AvgIpc) is 2.67. The number of esters is 1. The Bertz CT molecular complexity index is 647. The minimum Gasteiger partial charge on any atom is -0.445 e. The standard InChI is InChI=1S/C15H15Cl2NO4/c1-8(12-14(20)22-15(2,3)21-12)13(19)18-7-9-4-10(16)6-11(17)5-9/h4-6H,7H2,1-3H3,(H,18,19). The van der Waals surface area contributed by atoms with E-state index in [1.807, 2.05) is 0 Å². The summed E-state index contributed by atoms with van der Waals surface area (Å²) >= 11 is 11.8. The van der Waals surface area contributed by atoms with Crippen molar-refractivity contribution in [3.63, 3.8) is 0 Å². The molecule has 0 saturated carbocycles. The van der Waals surface area contributed by atoms with E-state index < -0.39 is 17.7 Å². The molecule has 0 aromatic heterocycles. The Hall–Kier alpha value is -1.72. The van der Waals surface area contributed by atoms with Crippen molar-refractivity contribution < 1.29 is 19.1 Å². The lowest BCUT2D eigenvalue weighted by Gasteiger charge is -2.14. The van der Waals surface area contributed by atoms with Gasteiger partial charge in [-0.3, -0.25) is 4.79 Å². The molecule has 1 aliphatic rings. The van der Waals surface area contributed by atoms with Crippen LogP contribution in [0.2, 0.25) is 10.0 Å². The molecule has 1 fully saturated rings. The summed E-state index contributed by atoms with van der Waals surface area (Å²) in [4.78, 5) is 23.8. The van der Waals surface area contributed by atoms with E-state index in [4.69, 9.17) is 32.7 Å². The highest BCUT2D eigenvalue weighted by Gasteiger charge is 2.39. The number of benzene rings is 1. The van der Waals surface area contributed by atoms with Crippen LogP contribution in [0.1, 0.15) is 26.3 Å². The van der Waals surface area contributed by atoms with Gasteiger partial charge >= 0.3 is 5.97 Å². The SMILES string of the molecule is CC(C(=O)NCc1cc(Cl)cc(Cl)c1)=C1OC(C)(C)OC1=O. The van der Waals surface area contributed by atoms with Gasteiger partial charge in [0.2, 0.25) is 11.5 Å². The summed E-state index contributed by atoms with van der Waals surface area (Å²) in [6.45, 7) is 4.91. The van der Waals surface area contributed by atoms with Crippen molar-refractivity contribution in [1.29, 1.82) is 0 Å². The van der Waals surface area contributed by atoms with Gasteiger partial charge in [0.1, 0.15) is 0 Å². The third kappa shape index (κ3) is 3.93. The third-order valence-electron chi connectivity index (χ3n) is 2.93. The number of cyclic esters (lactones) is 1. The average molecular weight is 344 g/mol. The fourth-order valence-electron chi connectivity index (χ4n) is 1.94. The molecule has 22 heavy (non-hydrogen) atoms. The van der Waals surface area contributed by atoms with E-state index in [9.17, 15) is 9.59 Å². The first kappa shape index (κ1) is 16.6. The molecule has 118 valence electrons. The third-order valence-corrected chi connectivity index (χ3v) is 3.36. The van der Waals surface area contributed by atoms with Gasteiger partial charge in [0.15, 0.2) is 0 Å². The van der Waals surface area contributed by atoms with Crippen LogP contribution in [0.25, 0.3) is 0 Å². The van der Waals surface area contributed by atoms with Crippen molar-refractivity contribution in [3.05, 3.63) is 45.1 Å². The quantitative estimate of drug-likeness (QED) is 0.676. The van der Waals surface area contributed by atoms with Crippen LogP contribution in [0.15, 0.2) is 29.5 Å². The van der Waals surface area contributed by atoms with E-state index in [1.54, 1.807) is 32.0 Å². The fourth-order valence-corrected chi connectivity index (χ4v) is 2.51.